The van der Waals surface area contributed by atoms with Gasteiger partial charge in [0.1, 0.15) is 0 Å². The number of benzene rings is 1. The van der Waals surface area contributed by atoms with Crippen LogP contribution in [0.15, 0.2) is 29.4 Å². The highest BCUT2D eigenvalue weighted by molar-refractivity contribution is 8.00. The van der Waals surface area contributed by atoms with Gasteiger partial charge in [-0.3, -0.25) is 0 Å². The molecule has 1 fully saturated rings. The van der Waals surface area contributed by atoms with Crippen molar-refractivity contribution < 1.29 is 0 Å². The standard InChI is InChI=1S/C15H19N3S/c1-4-8-17(9-5-1)10-12-11-18-14-7-3-2-6-13(14)16-15(18)19-12/h2-3,6-7,12H,1,4-5,8-11H2. The first-order valence-corrected chi connectivity index (χ1v) is 8.12. The van der Waals surface area contributed by atoms with Gasteiger partial charge in [-0.05, 0) is 38.1 Å². The number of likely N-dealkylation sites (tertiary alicyclic amines) is 1. The molecule has 1 saturated heterocycles. The van der Waals surface area contributed by atoms with Crippen LogP contribution >= 0.6 is 11.8 Å². The van der Waals surface area contributed by atoms with Crippen molar-refractivity contribution in [1.82, 2.24) is 14.5 Å². The molecule has 4 rings (SSSR count). The highest BCUT2D eigenvalue weighted by atomic mass is 32.2. The van der Waals surface area contributed by atoms with Crippen LogP contribution in [-0.2, 0) is 6.54 Å². The van der Waals surface area contributed by atoms with Gasteiger partial charge in [0, 0.05) is 18.3 Å². The second-order valence-corrected chi connectivity index (χ2v) is 6.86. The first kappa shape index (κ1) is 11.8. The van der Waals surface area contributed by atoms with Gasteiger partial charge in [-0.2, -0.15) is 0 Å². The topological polar surface area (TPSA) is 21.1 Å². The summed E-state index contributed by atoms with van der Waals surface area (Å²) in [7, 11) is 0. The fourth-order valence-electron chi connectivity index (χ4n) is 3.23. The highest BCUT2D eigenvalue weighted by Gasteiger charge is 2.27. The summed E-state index contributed by atoms with van der Waals surface area (Å²) in [6, 6.07) is 8.48. The Morgan fingerprint density at radius 3 is 2.89 bits per heavy atom. The fourth-order valence-corrected chi connectivity index (χ4v) is 4.49. The van der Waals surface area contributed by atoms with E-state index in [1.807, 2.05) is 11.8 Å². The molecule has 1 aromatic heterocycles. The molecule has 4 heteroatoms. The third kappa shape index (κ3) is 2.17. The van der Waals surface area contributed by atoms with Crippen LogP contribution in [0.2, 0.25) is 0 Å². The van der Waals surface area contributed by atoms with E-state index in [-0.39, 0.29) is 0 Å². The first-order chi connectivity index (χ1) is 9.40. The summed E-state index contributed by atoms with van der Waals surface area (Å²) >= 11 is 1.97. The number of nitrogens with zero attached hydrogens (tertiary/aromatic N) is 3. The molecule has 0 amide bonds. The predicted octanol–water partition coefficient (Wildman–Crippen LogP) is 3.00. The van der Waals surface area contributed by atoms with E-state index >= 15 is 0 Å². The number of hydrogen-bond donors (Lipinski definition) is 0. The molecule has 1 atom stereocenters. The summed E-state index contributed by atoms with van der Waals surface area (Å²) in [5.74, 6) is 0. The van der Waals surface area contributed by atoms with E-state index in [1.54, 1.807) is 0 Å². The number of imidazole rings is 1. The van der Waals surface area contributed by atoms with Crippen LogP contribution in [0.1, 0.15) is 19.3 Å². The molecule has 100 valence electrons. The summed E-state index contributed by atoms with van der Waals surface area (Å²) in [4.78, 5) is 7.38. The molecule has 0 aliphatic carbocycles. The number of aromatic nitrogens is 2. The molecule has 3 nitrogen and oxygen atoms in total. The van der Waals surface area contributed by atoms with E-state index in [0.717, 1.165) is 12.1 Å². The maximum Gasteiger partial charge on any atom is 0.169 e. The number of fused-ring (bicyclic) bond motifs is 3. The van der Waals surface area contributed by atoms with Gasteiger partial charge in [0.2, 0.25) is 0 Å². The molecule has 3 heterocycles. The third-order valence-electron chi connectivity index (χ3n) is 4.19. The largest absolute Gasteiger partial charge is 0.318 e. The highest BCUT2D eigenvalue weighted by Crippen LogP contribution is 2.35. The first-order valence-electron chi connectivity index (χ1n) is 7.24. The van der Waals surface area contributed by atoms with E-state index in [0.29, 0.717) is 5.25 Å². The lowest BCUT2D eigenvalue weighted by molar-refractivity contribution is 0.227. The monoisotopic (exact) mass is 273 g/mol. The van der Waals surface area contributed by atoms with Gasteiger partial charge in [-0.25, -0.2) is 4.98 Å². The van der Waals surface area contributed by atoms with Crippen LogP contribution in [0, 0.1) is 0 Å². The molecule has 0 spiro atoms. The normalized spacial score (nSPS) is 23.9. The minimum atomic E-state index is 0.685. The van der Waals surface area contributed by atoms with Crippen LogP contribution in [0.5, 0.6) is 0 Å². The summed E-state index contributed by atoms with van der Waals surface area (Å²) in [6.07, 6.45) is 4.18. The lowest BCUT2D eigenvalue weighted by Gasteiger charge is -2.28. The van der Waals surface area contributed by atoms with E-state index in [1.165, 1.54) is 49.6 Å². The SMILES string of the molecule is c1ccc2c(c1)nc1n2CC(CN2CCCCC2)S1. The van der Waals surface area contributed by atoms with Crippen molar-refractivity contribution in [2.75, 3.05) is 19.6 Å². The smallest absolute Gasteiger partial charge is 0.169 e. The van der Waals surface area contributed by atoms with Crippen molar-refractivity contribution in [3.05, 3.63) is 24.3 Å². The van der Waals surface area contributed by atoms with Crippen LogP contribution in [0.3, 0.4) is 0 Å². The average molecular weight is 273 g/mol. The predicted molar refractivity (Wildman–Crippen MR) is 79.7 cm³/mol. The van der Waals surface area contributed by atoms with Gasteiger partial charge in [0.25, 0.3) is 0 Å². The number of para-hydroxylation sites is 2. The molecule has 0 saturated carbocycles. The maximum absolute atomic E-state index is 4.74. The quantitative estimate of drug-likeness (QED) is 0.839. The summed E-state index contributed by atoms with van der Waals surface area (Å²) in [6.45, 7) is 4.93. The van der Waals surface area contributed by atoms with Crippen molar-refractivity contribution in [2.24, 2.45) is 0 Å². The van der Waals surface area contributed by atoms with Crippen molar-refractivity contribution in [3.63, 3.8) is 0 Å². The van der Waals surface area contributed by atoms with Gasteiger partial charge in [-0.1, -0.05) is 30.3 Å². The summed E-state index contributed by atoms with van der Waals surface area (Å²) in [5.41, 5.74) is 2.44. The van der Waals surface area contributed by atoms with Gasteiger partial charge < -0.3 is 9.47 Å². The Balaban J connectivity index is 1.51. The van der Waals surface area contributed by atoms with E-state index < -0.39 is 0 Å². The van der Waals surface area contributed by atoms with Crippen molar-refractivity contribution >= 4 is 22.8 Å². The number of thioether (sulfide) groups is 1. The molecular weight excluding hydrogens is 254 g/mol. The molecule has 2 aliphatic heterocycles. The molecule has 1 aromatic carbocycles. The minimum Gasteiger partial charge on any atom is -0.318 e. The summed E-state index contributed by atoms with van der Waals surface area (Å²) in [5, 5.41) is 1.90. The Hall–Kier alpha value is -1.000. The molecule has 19 heavy (non-hydrogen) atoms. The zero-order valence-corrected chi connectivity index (χ0v) is 11.9. The Bertz CT molecular complexity index is 586. The molecule has 0 radical (unpaired) electrons. The lowest BCUT2D eigenvalue weighted by Crippen LogP contribution is -2.35. The lowest BCUT2D eigenvalue weighted by atomic mass is 10.1. The van der Waals surface area contributed by atoms with Crippen molar-refractivity contribution in [3.8, 4) is 0 Å². The van der Waals surface area contributed by atoms with Crippen LogP contribution in [-0.4, -0.2) is 39.3 Å². The molecular formula is C15H19N3S. The second-order valence-electron chi connectivity index (χ2n) is 5.59. The van der Waals surface area contributed by atoms with E-state index in [2.05, 4.69) is 33.7 Å². The summed E-state index contributed by atoms with van der Waals surface area (Å²) < 4.78 is 2.40. The van der Waals surface area contributed by atoms with Crippen molar-refractivity contribution in [2.45, 2.75) is 36.2 Å². The molecule has 1 unspecified atom stereocenters. The second kappa shape index (κ2) is 4.84. The van der Waals surface area contributed by atoms with Gasteiger partial charge in [0.05, 0.1) is 11.0 Å². The molecule has 2 aliphatic rings. The number of rotatable bonds is 2. The maximum atomic E-state index is 4.74. The van der Waals surface area contributed by atoms with Crippen LogP contribution in [0.4, 0.5) is 0 Å². The van der Waals surface area contributed by atoms with E-state index in [4.69, 9.17) is 4.98 Å². The van der Waals surface area contributed by atoms with Crippen LogP contribution in [0.25, 0.3) is 11.0 Å². The van der Waals surface area contributed by atoms with Crippen LogP contribution < -0.4 is 0 Å². The third-order valence-corrected chi connectivity index (χ3v) is 5.34. The Morgan fingerprint density at radius 1 is 1.16 bits per heavy atom. The minimum absolute atomic E-state index is 0.685. The zero-order chi connectivity index (χ0) is 12.7. The Labute approximate surface area is 118 Å². The average Bonchev–Trinajstić information content (AvgIpc) is 2.97. The number of hydrogen-bond acceptors (Lipinski definition) is 3. The fraction of sp³-hybridized carbons (Fsp3) is 0.533. The number of piperidine rings is 1. The Kier molecular flexibility index (Phi) is 3.00. The van der Waals surface area contributed by atoms with Gasteiger partial charge in [-0.15, -0.1) is 0 Å². The molecule has 0 bridgehead atoms. The van der Waals surface area contributed by atoms with Gasteiger partial charge in [0.15, 0.2) is 5.16 Å². The Morgan fingerprint density at radius 2 is 2.00 bits per heavy atom. The molecule has 0 N–H and O–H groups in total. The van der Waals surface area contributed by atoms with Gasteiger partial charge >= 0.3 is 0 Å². The van der Waals surface area contributed by atoms with E-state index in [9.17, 15) is 0 Å². The molecule has 2 aromatic rings. The zero-order valence-electron chi connectivity index (χ0n) is 11.1. The van der Waals surface area contributed by atoms with Crippen molar-refractivity contribution in [1.29, 1.82) is 0 Å².